The molecule has 26 heavy (non-hydrogen) atoms. The van der Waals surface area contributed by atoms with Crippen LogP contribution in [0.3, 0.4) is 0 Å². The lowest BCUT2D eigenvalue weighted by Gasteiger charge is -2.55. The van der Waals surface area contributed by atoms with Gasteiger partial charge in [0.15, 0.2) is 0 Å². The molecule has 0 saturated carbocycles. The zero-order valence-electron chi connectivity index (χ0n) is 14.5. The summed E-state index contributed by atoms with van der Waals surface area (Å²) in [6, 6.07) is 4.64. The van der Waals surface area contributed by atoms with E-state index in [0.717, 1.165) is 49.2 Å². The number of hydrogen-bond acceptors (Lipinski definition) is 5. The van der Waals surface area contributed by atoms with Crippen molar-refractivity contribution in [3.8, 4) is 0 Å². The van der Waals surface area contributed by atoms with E-state index in [1.165, 1.54) is 25.0 Å². The predicted molar refractivity (Wildman–Crippen MR) is 97.2 cm³/mol. The SMILES string of the molecule is Fc1cc(F)cc([C@H]2CCC[C@H]3[C@@H]4C[C@@H](CN(c5nncs5)C4)CN23)c1. The van der Waals surface area contributed by atoms with Gasteiger partial charge >= 0.3 is 0 Å². The Kier molecular flexibility index (Phi) is 4.16. The Morgan fingerprint density at radius 3 is 2.65 bits per heavy atom. The van der Waals surface area contributed by atoms with Crippen molar-refractivity contribution in [1.82, 2.24) is 15.1 Å². The number of fused-ring (bicyclic) bond motifs is 4. The fraction of sp³-hybridized carbons (Fsp3) is 0.579. The standard InChI is InChI=1S/C19H22F2N4S/c20-15-5-13(6-16(21)7-15)17-2-1-3-18-14-4-12(9-25(17)18)8-24(10-14)19-23-22-11-26-19/h5-7,11-12,14,17-18H,1-4,8-10H2/t12-,14+,17+,18-/m0/s1. The van der Waals surface area contributed by atoms with Crippen LogP contribution in [0.2, 0.25) is 0 Å². The Balaban J connectivity index is 1.41. The summed E-state index contributed by atoms with van der Waals surface area (Å²) in [5.41, 5.74) is 2.59. The fourth-order valence-electron chi connectivity index (χ4n) is 5.39. The Morgan fingerprint density at radius 1 is 1.04 bits per heavy atom. The third-order valence-corrected chi connectivity index (χ3v) is 7.03. The molecular weight excluding hydrogens is 354 g/mol. The summed E-state index contributed by atoms with van der Waals surface area (Å²) < 4.78 is 27.5. The molecule has 4 atom stereocenters. The first-order chi connectivity index (χ1) is 12.7. The van der Waals surface area contributed by atoms with Crippen LogP contribution in [0.15, 0.2) is 23.7 Å². The van der Waals surface area contributed by atoms with Crippen LogP contribution in [0.4, 0.5) is 13.9 Å². The molecular formula is C19H22F2N4S. The third-order valence-electron chi connectivity index (χ3n) is 6.28. The molecule has 3 aliphatic rings. The molecule has 5 rings (SSSR count). The highest BCUT2D eigenvalue weighted by Gasteiger charge is 2.45. The number of anilines is 1. The van der Waals surface area contributed by atoms with E-state index < -0.39 is 11.6 Å². The van der Waals surface area contributed by atoms with Crippen LogP contribution in [0.1, 0.15) is 37.3 Å². The zero-order valence-corrected chi connectivity index (χ0v) is 15.3. The molecule has 0 N–H and O–H groups in total. The number of hydrogen-bond donors (Lipinski definition) is 0. The molecule has 0 unspecified atom stereocenters. The predicted octanol–water partition coefficient (Wildman–Crippen LogP) is 3.87. The Hall–Kier alpha value is -1.60. The van der Waals surface area contributed by atoms with Gasteiger partial charge in [-0.25, -0.2) is 8.78 Å². The molecule has 1 aromatic carbocycles. The second kappa shape index (κ2) is 6.53. The average molecular weight is 376 g/mol. The quantitative estimate of drug-likeness (QED) is 0.797. The van der Waals surface area contributed by atoms with Gasteiger partial charge < -0.3 is 4.90 Å². The van der Waals surface area contributed by atoms with Crippen molar-refractivity contribution in [2.75, 3.05) is 24.5 Å². The first-order valence-corrected chi connectivity index (χ1v) is 10.3. The van der Waals surface area contributed by atoms with Crippen molar-refractivity contribution in [2.24, 2.45) is 11.8 Å². The molecule has 138 valence electrons. The maximum atomic E-state index is 13.8. The molecule has 3 fully saturated rings. The minimum Gasteiger partial charge on any atom is -0.346 e. The summed E-state index contributed by atoms with van der Waals surface area (Å²) in [5, 5.41) is 9.26. The van der Waals surface area contributed by atoms with Crippen LogP contribution in [0, 0.1) is 23.5 Å². The van der Waals surface area contributed by atoms with Crippen LogP contribution in [-0.2, 0) is 0 Å². The molecule has 0 spiro atoms. The van der Waals surface area contributed by atoms with E-state index in [-0.39, 0.29) is 6.04 Å². The van der Waals surface area contributed by atoms with Crippen molar-refractivity contribution >= 4 is 16.5 Å². The highest BCUT2D eigenvalue weighted by molar-refractivity contribution is 7.13. The van der Waals surface area contributed by atoms with E-state index >= 15 is 0 Å². The van der Waals surface area contributed by atoms with E-state index in [2.05, 4.69) is 20.0 Å². The van der Waals surface area contributed by atoms with Gasteiger partial charge in [-0.3, -0.25) is 4.90 Å². The normalized spacial score (nSPS) is 31.7. The third kappa shape index (κ3) is 2.91. The zero-order chi connectivity index (χ0) is 17.7. The Labute approximate surface area is 155 Å². The Bertz CT molecular complexity index is 764. The van der Waals surface area contributed by atoms with Gasteiger partial charge in [-0.1, -0.05) is 11.3 Å². The van der Waals surface area contributed by atoms with E-state index in [4.69, 9.17) is 0 Å². The van der Waals surface area contributed by atoms with Gasteiger partial charge in [0.1, 0.15) is 17.1 Å². The van der Waals surface area contributed by atoms with Crippen molar-refractivity contribution < 1.29 is 8.78 Å². The van der Waals surface area contributed by atoms with Gasteiger partial charge in [-0.05, 0) is 55.2 Å². The summed E-state index contributed by atoms with van der Waals surface area (Å²) in [4.78, 5) is 4.94. The van der Waals surface area contributed by atoms with E-state index in [1.54, 1.807) is 16.8 Å². The van der Waals surface area contributed by atoms with Crippen LogP contribution < -0.4 is 4.90 Å². The van der Waals surface area contributed by atoms with Crippen molar-refractivity contribution in [1.29, 1.82) is 0 Å². The number of piperidine rings is 3. The molecule has 4 nitrogen and oxygen atoms in total. The molecule has 3 saturated heterocycles. The smallest absolute Gasteiger partial charge is 0.208 e. The van der Waals surface area contributed by atoms with Gasteiger partial charge in [0.2, 0.25) is 5.13 Å². The maximum Gasteiger partial charge on any atom is 0.208 e. The second-order valence-electron chi connectivity index (χ2n) is 7.90. The second-order valence-corrected chi connectivity index (χ2v) is 8.71. The van der Waals surface area contributed by atoms with E-state index in [9.17, 15) is 8.78 Å². The van der Waals surface area contributed by atoms with Gasteiger partial charge in [0.25, 0.3) is 0 Å². The first-order valence-electron chi connectivity index (χ1n) is 9.40. The number of rotatable bonds is 2. The number of halogens is 2. The van der Waals surface area contributed by atoms with Gasteiger partial charge in [-0.2, -0.15) is 0 Å². The van der Waals surface area contributed by atoms with Crippen molar-refractivity contribution in [2.45, 2.75) is 37.8 Å². The number of aromatic nitrogens is 2. The van der Waals surface area contributed by atoms with Crippen LogP contribution >= 0.6 is 11.3 Å². The molecule has 0 radical (unpaired) electrons. The number of benzene rings is 1. The summed E-state index contributed by atoms with van der Waals surface area (Å²) in [6.07, 6.45) is 4.53. The lowest BCUT2D eigenvalue weighted by molar-refractivity contribution is -0.0201. The summed E-state index contributed by atoms with van der Waals surface area (Å²) in [5.74, 6) is 0.226. The molecule has 4 heterocycles. The van der Waals surface area contributed by atoms with Crippen LogP contribution in [-0.4, -0.2) is 40.8 Å². The first kappa shape index (κ1) is 16.6. The molecule has 2 aromatic rings. The van der Waals surface area contributed by atoms with Crippen molar-refractivity contribution in [3.63, 3.8) is 0 Å². The molecule has 3 aliphatic heterocycles. The lowest BCUT2D eigenvalue weighted by Crippen LogP contribution is -2.59. The summed E-state index contributed by atoms with van der Waals surface area (Å²) in [6.45, 7) is 3.01. The van der Waals surface area contributed by atoms with E-state index in [0.29, 0.717) is 17.9 Å². The number of nitrogens with zero attached hydrogens (tertiary/aromatic N) is 4. The van der Waals surface area contributed by atoms with E-state index in [1.807, 2.05) is 0 Å². The van der Waals surface area contributed by atoms with Crippen molar-refractivity contribution in [3.05, 3.63) is 40.9 Å². The summed E-state index contributed by atoms with van der Waals surface area (Å²) in [7, 11) is 0. The molecule has 0 amide bonds. The molecule has 2 bridgehead atoms. The topological polar surface area (TPSA) is 32.3 Å². The maximum absolute atomic E-state index is 13.8. The van der Waals surface area contributed by atoms with Gasteiger partial charge in [0, 0.05) is 37.8 Å². The van der Waals surface area contributed by atoms with Crippen LogP contribution in [0.25, 0.3) is 0 Å². The summed E-state index contributed by atoms with van der Waals surface area (Å²) >= 11 is 1.60. The average Bonchev–Trinajstić information content (AvgIpc) is 3.15. The monoisotopic (exact) mass is 376 g/mol. The van der Waals surface area contributed by atoms with Crippen LogP contribution in [0.5, 0.6) is 0 Å². The van der Waals surface area contributed by atoms with Gasteiger partial charge in [-0.15, -0.1) is 10.2 Å². The lowest BCUT2D eigenvalue weighted by atomic mass is 9.74. The fourth-order valence-corrected chi connectivity index (χ4v) is 5.98. The minimum absolute atomic E-state index is 0.136. The molecule has 1 aromatic heterocycles. The molecule has 0 aliphatic carbocycles. The molecule has 7 heteroatoms. The highest BCUT2D eigenvalue weighted by Crippen LogP contribution is 2.45. The highest BCUT2D eigenvalue weighted by atomic mass is 32.1. The minimum atomic E-state index is -0.471. The largest absolute Gasteiger partial charge is 0.346 e. The van der Waals surface area contributed by atoms with Gasteiger partial charge in [0.05, 0.1) is 0 Å². The Morgan fingerprint density at radius 2 is 1.88 bits per heavy atom.